The molecular weight excluding hydrogens is 252 g/mol. The Hall–Kier alpha value is -1.43. The lowest BCUT2D eigenvalue weighted by Crippen LogP contribution is -2.29. The molecule has 0 unspecified atom stereocenters. The number of rotatable bonds is 3. The van der Waals surface area contributed by atoms with Crippen LogP contribution in [0.15, 0.2) is 18.2 Å². The van der Waals surface area contributed by atoms with E-state index in [0.717, 1.165) is 19.3 Å². The fraction of sp³-hybridized carbons (Fsp3) is 0.500. The molecule has 1 aromatic rings. The van der Waals surface area contributed by atoms with Crippen molar-refractivity contribution in [1.82, 2.24) is 0 Å². The van der Waals surface area contributed by atoms with Gasteiger partial charge in [0, 0.05) is 6.07 Å². The summed E-state index contributed by atoms with van der Waals surface area (Å²) in [6.07, 6.45) is 4.37. The van der Waals surface area contributed by atoms with Crippen LogP contribution in [-0.4, -0.2) is 18.8 Å². The Morgan fingerprint density at radius 3 is 2.56 bits per heavy atom. The van der Waals surface area contributed by atoms with Crippen molar-refractivity contribution in [3.8, 4) is 5.75 Å². The van der Waals surface area contributed by atoms with E-state index in [-0.39, 0.29) is 16.7 Å². The van der Waals surface area contributed by atoms with Crippen LogP contribution >= 0.6 is 0 Å². The summed E-state index contributed by atoms with van der Waals surface area (Å²) in [7, 11) is -3.42. The predicted molar refractivity (Wildman–Crippen MR) is 71.9 cm³/mol. The molecule has 0 radical (unpaired) electrons. The summed E-state index contributed by atoms with van der Waals surface area (Å²) in [5.74, 6) is -0.00876. The highest BCUT2D eigenvalue weighted by Gasteiger charge is 2.27. The van der Waals surface area contributed by atoms with Crippen LogP contribution in [-0.2, 0) is 10.0 Å². The molecule has 0 atom stereocenters. The Morgan fingerprint density at radius 1 is 1.22 bits per heavy atom. The maximum atomic E-state index is 12.2. The summed E-state index contributed by atoms with van der Waals surface area (Å²) in [5.41, 5.74) is 6.25. The number of phenolic OH excluding ortho intramolecular Hbond substituents is 1. The molecule has 5 nitrogen and oxygen atoms in total. The van der Waals surface area contributed by atoms with Gasteiger partial charge < -0.3 is 10.8 Å². The topological polar surface area (TPSA) is 92.4 Å². The van der Waals surface area contributed by atoms with Crippen LogP contribution in [0, 0.1) is 0 Å². The van der Waals surface area contributed by atoms with E-state index < -0.39 is 10.0 Å². The normalized spacial score (nSPS) is 17.6. The van der Waals surface area contributed by atoms with Crippen LogP contribution in [0.25, 0.3) is 0 Å². The number of aromatic hydroxyl groups is 1. The Morgan fingerprint density at radius 2 is 1.89 bits per heavy atom. The van der Waals surface area contributed by atoms with E-state index in [4.69, 9.17) is 5.73 Å². The fourth-order valence-corrected chi connectivity index (χ4v) is 3.85. The third kappa shape index (κ3) is 2.87. The van der Waals surface area contributed by atoms with Gasteiger partial charge in [-0.3, -0.25) is 4.72 Å². The summed E-state index contributed by atoms with van der Waals surface area (Å²) in [4.78, 5) is 0. The summed E-state index contributed by atoms with van der Waals surface area (Å²) in [6, 6.07) is 4.23. The highest BCUT2D eigenvalue weighted by Crippen LogP contribution is 2.29. The number of nitrogens with one attached hydrogen (secondary N) is 1. The van der Waals surface area contributed by atoms with Crippen LogP contribution in [0.2, 0.25) is 0 Å². The standard InChI is InChI=1S/C12H18N2O3S/c13-11-7-6-9(15)8-12(11)14-18(16,17)10-4-2-1-3-5-10/h6-8,10,14-15H,1-5,13H2. The van der Waals surface area contributed by atoms with Gasteiger partial charge in [-0.05, 0) is 25.0 Å². The second kappa shape index (κ2) is 5.06. The number of sulfonamides is 1. The van der Waals surface area contributed by atoms with Crippen LogP contribution in [0.4, 0.5) is 11.4 Å². The molecule has 100 valence electrons. The lowest BCUT2D eigenvalue weighted by molar-refractivity contribution is 0.475. The zero-order chi connectivity index (χ0) is 13.2. The van der Waals surface area contributed by atoms with Crippen molar-refractivity contribution in [3.05, 3.63) is 18.2 Å². The van der Waals surface area contributed by atoms with Crippen molar-refractivity contribution < 1.29 is 13.5 Å². The van der Waals surface area contributed by atoms with Gasteiger partial charge in [0.25, 0.3) is 0 Å². The first kappa shape index (κ1) is 13.0. The van der Waals surface area contributed by atoms with Gasteiger partial charge in [0.05, 0.1) is 16.6 Å². The molecule has 1 aliphatic carbocycles. The van der Waals surface area contributed by atoms with Gasteiger partial charge >= 0.3 is 0 Å². The first-order chi connectivity index (χ1) is 8.49. The number of nitrogens with two attached hydrogens (primary N) is 1. The van der Waals surface area contributed by atoms with Crippen molar-refractivity contribution in [3.63, 3.8) is 0 Å². The summed E-state index contributed by atoms with van der Waals surface area (Å²) >= 11 is 0. The highest BCUT2D eigenvalue weighted by molar-refractivity contribution is 7.93. The lowest BCUT2D eigenvalue weighted by Gasteiger charge is -2.22. The molecule has 18 heavy (non-hydrogen) atoms. The van der Waals surface area contributed by atoms with Gasteiger partial charge in [-0.1, -0.05) is 19.3 Å². The average molecular weight is 270 g/mol. The zero-order valence-corrected chi connectivity index (χ0v) is 10.9. The Labute approximate surface area is 107 Å². The number of hydrogen-bond donors (Lipinski definition) is 3. The number of benzene rings is 1. The van der Waals surface area contributed by atoms with Crippen molar-refractivity contribution in [2.75, 3.05) is 10.5 Å². The van der Waals surface area contributed by atoms with E-state index in [1.807, 2.05) is 0 Å². The molecule has 1 aliphatic rings. The highest BCUT2D eigenvalue weighted by atomic mass is 32.2. The molecular formula is C12H18N2O3S. The summed E-state index contributed by atoms with van der Waals surface area (Å²) in [6.45, 7) is 0. The van der Waals surface area contributed by atoms with E-state index >= 15 is 0 Å². The molecule has 1 aromatic carbocycles. The molecule has 0 saturated heterocycles. The zero-order valence-electron chi connectivity index (χ0n) is 10.1. The SMILES string of the molecule is Nc1ccc(O)cc1NS(=O)(=O)C1CCCCC1. The average Bonchev–Trinajstić information content (AvgIpc) is 2.35. The molecule has 0 aliphatic heterocycles. The number of phenols is 1. The maximum absolute atomic E-state index is 12.2. The largest absolute Gasteiger partial charge is 0.508 e. The molecule has 4 N–H and O–H groups in total. The van der Waals surface area contributed by atoms with Gasteiger partial charge in [0.1, 0.15) is 5.75 Å². The first-order valence-corrected chi connectivity index (χ1v) is 7.64. The van der Waals surface area contributed by atoms with Crippen LogP contribution in [0.1, 0.15) is 32.1 Å². The molecule has 2 rings (SSSR count). The number of nitrogen functional groups attached to an aromatic ring is 1. The van der Waals surface area contributed by atoms with Crippen molar-refractivity contribution >= 4 is 21.4 Å². The van der Waals surface area contributed by atoms with Gasteiger partial charge in [-0.15, -0.1) is 0 Å². The Kier molecular flexibility index (Phi) is 3.65. The smallest absolute Gasteiger partial charge is 0.235 e. The van der Waals surface area contributed by atoms with E-state index in [2.05, 4.69) is 4.72 Å². The molecule has 1 saturated carbocycles. The van der Waals surface area contributed by atoms with Gasteiger partial charge in [-0.2, -0.15) is 0 Å². The number of hydrogen-bond acceptors (Lipinski definition) is 4. The van der Waals surface area contributed by atoms with E-state index in [0.29, 0.717) is 18.5 Å². The molecule has 0 bridgehead atoms. The minimum atomic E-state index is -3.42. The van der Waals surface area contributed by atoms with Crippen LogP contribution in [0.5, 0.6) is 5.75 Å². The third-order valence-electron chi connectivity index (χ3n) is 3.28. The summed E-state index contributed by atoms with van der Waals surface area (Å²) < 4.78 is 26.8. The van der Waals surface area contributed by atoms with Gasteiger partial charge in [-0.25, -0.2) is 8.42 Å². The van der Waals surface area contributed by atoms with Crippen molar-refractivity contribution in [2.24, 2.45) is 0 Å². The fourth-order valence-electron chi connectivity index (χ4n) is 2.24. The van der Waals surface area contributed by atoms with E-state index in [9.17, 15) is 13.5 Å². The van der Waals surface area contributed by atoms with Gasteiger partial charge in [0.2, 0.25) is 10.0 Å². The van der Waals surface area contributed by atoms with E-state index in [1.54, 1.807) is 0 Å². The summed E-state index contributed by atoms with van der Waals surface area (Å²) in [5, 5.41) is 9.00. The van der Waals surface area contributed by atoms with Crippen LogP contribution < -0.4 is 10.5 Å². The maximum Gasteiger partial charge on any atom is 0.235 e. The first-order valence-electron chi connectivity index (χ1n) is 6.09. The molecule has 0 amide bonds. The van der Waals surface area contributed by atoms with Crippen molar-refractivity contribution in [1.29, 1.82) is 0 Å². The molecule has 0 heterocycles. The quantitative estimate of drug-likeness (QED) is 0.579. The second-order valence-corrected chi connectivity index (χ2v) is 6.64. The number of anilines is 2. The molecule has 0 aromatic heterocycles. The lowest BCUT2D eigenvalue weighted by atomic mass is 10.0. The molecule has 6 heteroatoms. The third-order valence-corrected chi connectivity index (χ3v) is 5.13. The molecule has 1 fully saturated rings. The van der Waals surface area contributed by atoms with E-state index in [1.165, 1.54) is 18.2 Å². The van der Waals surface area contributed by atoms with Crippen LogP contribution in [0.3, 0.4) is 0 Å². The predicted octanol–water partition coefficient (Wildman–Crippen LogP) is 2.05. The Bertz CT molecular complexity index is 522. The van der Waals surface area contributed by atoms with Crippen molar-refractivity contribution in [2.45, 2.75) is 37.4 Å². The van der Waals surface area contributed by atoms with Gasteiger partial charge in [0.15, 0.2) is 0 Å². The minimum Gasteiger partial charge on any atom is -0.508 e. The Balaban J connectivity index is 2.18. The molecule has 0 spiro atoms. The monoisotopic (exact) mass is 270 g/mol. The minimum absolute atomic E-state index is 0.00876. The second-order valence-electron chi connectivity index (χ2n) is 4.68.